The Balaban J connectivity index is 1.44. The quantitative estimate of drug-likeness (QED) is 0.278. The van der Waals surface area contributed by atoms with Crippen LogP contribution in [0.1, 0.15) is 57.2 Å². The average Bonchev–Trinajstić information content (AvgIpc) is 3.22. The van der Waals surface area contributed by atoms with E-state index in [2.05, 4.69) is 31.8 Å². The standard InChI is InChI=1S/C23H28F2IN6O/c1-3-4-12-7-14(8-12)22(33)31-11-13(5-6-18(31)26-2)20-29-21-16-9-15(24)10-17(25)19(16)28-23(27)32(21)30-20/h9-10,12-14,18H,3-8,11H2,1-2H3,(H2,27,28)/q-1/t12?,13-,14?,18-/m1/s1. The van der Waals surface area contributed by atoms with Gasteiger partial charge in [-0.05, 0) is 0 Å². The normalized spacial score (nSPS) is 25.6. The molecule has 0 bridgehead atoms. The van der Waals surface area contributed by atoms with Gasteiger partial charge in [-0.15, -0.1) is 0 Å². The summed E-state index contributed by atoms with van der Waals surface area (Å²) in [6, 6.07) is 1.99. The van der Waals surface area contributed by atoms with Crippen molar-refractivity contribution in [3.63, 3.8) is 0 Å². The van der Waals surface area contributed by atoms with Crippen LogP contribution in [-0.4, -0.2) is 45.9 Å². The number of halogens is 3. The molecule has 0 unspecified atom stereocenters. The van der Waals surface area contributed by atoms with E-state index in [1.165, 1.54) is 23.4 Å². The number of anilines is 1. The number of nitrogens with two attached hydrogens (primary N) is 1. The molecule has 1 saturated heterocycles. The van der Waals surface area contributed by atoms with E-state index >= 15 is 0 Å². The van der Waals surface area contributed by atoms with Crippen LogP contribution in [0.15, 0.2) is 12.1 Å². The monoisotopic (exact) mass is 569 g/mol. The zero-order valence-electron chi connectivity index (χ0n) is 18.8. The molecular weight excluding hydrogens is 541 g/mol. The summed E-state index contributed by atoms with van der Waals surface area (Å²) in [6.07, 6.45) is 6.17. The predicted octanol–water partition coefficient (Wildman–Crippen LogP) is 0.715. The molecule has 3 aromatic rings. The Bertz CT molecular complexity index is 1210. The first-order chi connectivity index (χ1) is 15.9. The number of carbonyl (C=O) groups excluding carboxylic acids is 1. The fourth-order valence-corrected chi connectivity index (χ4v) is 7.42. The van der Waals surface area contributed by atoms with Gasteiger partial charge in [0.05, 0.1) is 0 Å². The van der Waals surface area contributed by atoms with E-state index in [-0.39, 0.29) is 61.4 Å². The van der Waals surface area contributed by atoms with Crippen molar-refractivity contribution in [2.24, 2.45) is 11.8 Å². The second-order valence-electron chi connectivity index (χ2n) is 9.20. The first-order valence-corrected chi connectivity index (χ1v) is 14.9. The van der Waals surface area contributed by atoms with Crippen LogP contribution in [-0.2, 0) is 4.79 Å². The van der Waals surface area contributed by atoms with Crippen molar-refractivity contribution in [2.75, 3.05) is 17.2 Å². The SMILES string of the molecule is CCCC1CC(C(=O)N2C[C@H](c3nc4c5cc(F)cc(F)c5nc(N)n4n3)CC[C@@H]2[I-]C)C1. The third-order valence-electron chi connectivity index (χ3n) is 7.03. The molecule has 2 fully saturated rings. The summed E-state index contributed by atoms with van der Waals surface area (Å²) in [5, 5.41) is 4.78. The number of nitrogen functional groups attached to an aromatic ring is 1. The molecule has 3 heterocycles. The van der Waals surface area contributed by atoms with E-state index in [1.807, 2.05) is 0 Å². The number of alkyl halides is 2. The Morgan fingerprint density at radius 2 is 2.03 bits per heavy atom. The van der Waals surface area contributed by atoms with Crippen LogP contribution in [0.25, 0.3) is 16.6 Å². The fourth-order valence-electron chi connectivity index (χ4n) is 5.27. The van der Waals surface area contributed by atoms with Crippen molar-refractivity contribution < 1.29 is 34.8 Å². The molecule has 1 saturated carbocycles. The molecule has 1 aliphatic heterocycles. The number of aromatic nitrogens is 4. The maximum absolute atomic E-state index is 14.3. The maximum atomic E-state index is 14.3. The number of benzene rings is 1. The molecule has 10 heteroatoms. The Labute approximate surface area is 201 Å². The molecule has 1 aliphatic carbocycles. The van der Waals surface area contributed by atoms with Crippen molar-refractivity contribution >= 4 is 28.4 Å². The molecule has 0 spiro atoms. The van der Waals surface area contributed by atoms with Gasteiger partial charge < -0.3 is 0 Å². The van der Waals surface area contributed by atoms with Crippen LogP contribution in [0, 0.1) is 23.5 Å². The van der Waals surface area contributed by atoms with E-state index in [0.717, 1.165) is 31.7 Å². The van der Waals surface area contributed by atoms with E-state index in [0.29, 0.717) is 22.3 Å². The number of rotatable bonds is 5. The van der Waals surface area contributed by atoms with Gasteiger partial charge >= 0.3 is 202 Å². The van der Waals surface area contributed by atoms with Gasteiger partial charge in [0, 0.05) is 0 Å². The van der Waals surface area contributed by atoms with Gasteiger partial charge in [-0.3, -0.25) is 0 Å². The van der Waals surface area contributed by atoms with E-state index < -0.39 is 11.6 Å². The summed E-state index contributed by atoms with van der Waals surface area (Å²) < 4.78 is 29.9. The number of nitrogens with zero attached hydrogens (tertiary/aromatic N) is 5. The van der Waals surface area contributed by atoms with Crippen molar-refractivity contribution in [1.82, 2.24) is 24.5 Å². The van der Waals surface area contributed by atoms with Gasteiger partial charge in [0.1, 0.15) is 0 Å². The zero-order chi connectivity index (χ0) is 23.3. The number of hydrogen-bond acceptors (Lipinski definition) is 5. The summed E-state index contributed by atoms with van der Waals surface area (Å²) in [5.41, 5.74) is 6.29. The van der Waals surface area contributed by atoms with E-state index in [4.69, 9.17) is 5.73 Å². The second-order valence-corrected chi connectivity index (χ2v) is 11.9. The summed E-state index contributed by atoms with van der Waals surface area (Å²) in [7, 11) is 0. The van der Waals surface area contributed by atoms with Crippen LogP contribution in [0.5, 0.6) is 0 Å². The van der Waals surface area contributed by atoms with Gasteiger partial charge in [-0.2, -0.15) is 0 Å². The van der Waals surface area contributed by atoms with Gasteiger partial charge in [0.2, 0.25) is 0 Å². The van der Waals surface area contributed by atoms with Gasteiger partial charge in [-0.25, -0.2) is 0 Å². The third kappa shape index (κ3) is 4.04. The van der Waals surface area contributed by atoms with Crippen LogP contribution >= 0.6 is 0 Å². The van der Waals surface area contributed by atoms with Crippen molar-refractivity contribution in [2.45, 2.75) is 55.4 Å². The molecule has 2 aromatic heterocycles. The molecule has 7 nitrogen and oxygen atoms in total. The van der Waals surface area contributed by atoms with Gasteiger partial charge in [0.25, 0.3) is 0 Å². The van der Waals surface area contributed by atoms with Crippen molar-refractivity contribution in [3.8, 4) is 0 Å². The van der Waals surface area contributed by atoms with Gasteiger partial charge in [0.15, 0.2) is 0 Å². The van der Waals surface area contributed by atoms with Crippen LogP contribution in [0.2, 0.25) is 0 Å². The number of carbonyl (C=O) groups is 1. The molecule has 0 radical (unpaired) electrons. The number of likely N-dealkylation sites (tertiary alicyclic amines) is 1. The first-order valence-electron chi connectivity index (χ1n) is 11.5. The topological polar surface area (TPSA) is 89.4 Å². The number of hydrogen-bond donors (Lipinski definition) is 1. The predicted molar refractivity (Wildman–Crippen MR) is 117 cm³/mol. The average molecular weight is 569 g/mol. The third-order valence-corrected chi connectivity index (χ3v) is 9.76. The molecule has 5 rings (SSSR count). The first kappa shape index (κ1) is 22.7. The minimum atomic E-state index is -0.783. The molecular formula is C23H28F2IN6O-. The van der Waals surface area contributed by atoms with Crippen LogP contribution < -0.4 is 26.9 Å². The number of piperidine rings is 1. The second kappa shape index (κ2) is 8.92. The molecule has 1 amide bonds. The van der Waals surface area contributed by atoms with Crippen molar-refractivity contribution in [3.05, 3.63) is 29.6 Å². The summed E-state index contributed by atoms with van der Waals surface area (Å²) in [6.45, 7) is 2.77. The Hall–Kier alpha value is -2.11. The number of fused-ring (bicyclic) bond motifs is 3. The number of amides is 1. The molecule has 178 valence electrons. The summed E-state index contributed by atoms with van der Waals surface area (Å²) in [4.78, 5) is 26.4. The summed E-state index contributed by atoms with van der Waals surface area (Å²) >= 11 is -0.113. The minimum absolute atomic E-state index is 0.000708. The molecule has 2 aliphatic rings. The zero-order valence-corrected chi connectivity index (χ0v) is 20.9. The Morgan fingerprint density at radius 1 is 1.24 bits per heavy atom. The molecule has 2 N–H and O–H groups in total. The molecule has 1 aromatic carbocycles. The van der Waals surface area contributed by atoms with Crippen molar-refractivity contribution in [1.29, 1.82) is 0 Å². The van der Waals surface area contributed by atoms with Crippen LogP contribution in [0.3, 0.4) is 0 Å². The van der Waals surface area contributed by atoms with E-state index in [1.54, 1.807) is 0 Å². The fraction of sp³-hybridized carbons (Fsp3) is 0.565. The molecule has 2 atom stereocenters. The Morgan fingerprint density at radius 3 is 2.76 bits per heavy atom. The summed E-state index contributed by atoms with van der Waals surface area (Å²) in [5.74, 6) is 0.117. The Kier molecular flexibility index (Phi) is 6.13. The molecule has 33 heavy (non-hydrogen) atoms. The van der Waals surface area contributed by atoms with E-state index in [9.17, 15) is 13.6 Å². The van der Waals surface area contributed by atoms with Gasteiger partial charge in [-0.1, -0.05) is 0 Å². The van der Waals surface area contributed by atoms with Crippen LogP contribution in [0.4, 0.5) is 14.7 Å².